The Bertz CT molecular complexity index is 1210. The molecule has 184 valence electrons. The summed E-state index contributed by atoms with van der Waals surface area (Å²) in [7, 11) is 1.61. The number of carbonyl (C=O) groups excluding carboxylic acids is 2. The number of hydrogen-bond donors (Lipinski definition) is 1. The minimum absolute atomic E-state index is 0.0906. The maximum absolute atomic E-state index is 12.9. The average molecular weight is 507 g/mol. The van der Waals surface area contributed by atoms with Gasteiger partial charge in [0.05, 0.1) is 18.4 Å². The minimum atomic E-state index is -4.94. The van der Waals surface area contributed by atoms with Gasteiger partial charge in [-0.1, -0.05) is 24.3 Å². The topological polar surface area (TPSA) is 84.0 Å². The lowest BCUT2D eigenvalue weighted by Crippen LogP contribution is -2.49. The van der Waals surface area contributed by atoms with Crippen molar-refractivity contribution < 1.29 is 32.2 Å². The molecule has 1 N–H and O–H groups in total. The number of halogens is 3. The molecule has 2 heterocycles. The molecule has 0 radical (unpaired) electrons. The van der Waals surface area contributed by atoms with Crippen molar-refractivity contribution in [3.8, 4) is 11.5 Å². The van der Waals surface area contributed by atoms with Gasteiger partial charge in [-0.05, 0) is 24.3 Å². The van der Waals surface area contributed by atoms with Crippen molar-refractivity contribution in [2.75, 3.05) is 43.5 Å². The molecule has 2 aromatic carbocycles. The minimum Gasteiger partial charge on any atom is -0.495 e. The highest BCUT2D eigenvalue weighted by atomic mass is 32.1. The van der Waals surface area contributed by atoms with Crippen LogP contribution in [0, 0.1) is 0 Å². The first kappa shape index (κ1) is 24.3. The van der Waals surface area contributed by atoms with Crippen LogP contribution < -0.4 is 19.7 Å². The van der Waals surface area contributed by atoms with Gasteiger partial charge in [0, 0.05) is 31.6 Å². The van der Waals surface area contributed by atoms with Gasteiger partial charge in [0.25, 0.3) is 11.8 Å². The quantitative estimate of drug-likeness (QED) is 0.538. The van der Waals surface area contributed by atoms with E-state index in [-0.39, 0.29) is 22.3 Å². The number of hydrogen-bond acceptors (Lipinski definition) is 7. The molecule has 1 saturated heterocycles. The third-order valence-electron chi connectivity index (χ3n) is 5.29. The van der Waals surface area contributed by atoms with Crippen molar-refractivity contribution in [3.63, 3.8) is 0 Å². The fourth-order valence-electron chi connectivity index (χ4n) is 3.67. The predicted octanol–water partition coefficient (Wildman–Crippen LogP) is 4.27. The smallest absolute Gasteiger partial charge is 0.495 e. The molecular formula is C23H21F3N4O4S. The highest BCUT2D eigenvalue weighted by Gasteiger charge is 2.33. The summed E-state index contributed by atoms with van der Waals surface area (Å²) in [5, 5.41) is 4.03. The van der Waals surface area contributed by atoms with E-state index in [1.165, 1.54) is 23.6 Å². The van der Waals surface area contributed by atoms with E-state index >= 15 is 0 Å². The van der Waals surface area contributed by atoms with E-state index in [4.69, 9.17) is 4.74 Å². The standard InChI is InChI=1S/C23H21F3N4O4S/c1-33-19-9-5-3-7-17(19)29-10-12-30(13-11-29)21(32)16-14-35-22(27-16)28-20(31)15-6-2-4-8-18(15)34-23(24,25)26/h2-9,14H,10-13H2,1H3,(H,27,28,31). The maximum atomic E-state index is 12.9. The number of carbonyl (C=O) groups is 2. The number of rotatable bonds is 6. The molecule has 0 atom stereocenters. The number of nitrogens with zero attached hydrogens (tertiary/aromatic N) is 3. The van der Waals surface area contributed by atoms with Crippen molar-refractivity contribution in [3.05, 3.63) is 65.2 Å². The zero-order chi connectivity index (χ0) is 25.0. The van der Waals surface area contributed by atoms with Gasteiger partial charge in [-0.3, -0.25) is 14.9 Å². The Balaban J connectivity index is 1.38. The summed E-state index contributed by atoms with van der Waals surface area (Å²) < 4.78 is 47.2. The van der Waals surface area contributed by atoms with Gasteiger partial charge in [0.15, 0.2) is 5.13 Å². The summed E-state index contributed by atoms with van der Waals surface area (Å²) in [6.07, 6.45) is -4.94. The number of para-hydroxylation sites is 3. The Kier molecular flexibility index (Phi) is 7.10. The van der Waals surface area contributed by atoms with Crippen LogP contribution in [0.25, 0.3) is 0 Å². The van der Waals surface area contributed by atoms with E-state index in [9.17, 15) is 22.8 Å². The Morgan fingerprint density at radius 1 is 1.00 bits per heavy atom. The van der Waals surface area contributed by atoms with Crippen molar-refractivity contribution >= 4 is 34.0 Å². The highest BCUT2D eigenvalue weighted by molar-refractivity contribution is 7.14. The number of methoxy groups -OCH3 is 1. The number of amides is 2. The summed E-state index contributed by atoms with van der Waals surface area (Å²) >= 11 is 1.01. The van der Waals surface area contributed by atoms with Gasteiger partial charge in [0.2, 0.25) is 0 Å². The molecule has 35 heavy (non-hydrogen) atoms. The Morgan fingerprint density at radius 2 is 1.66 bits per heavy atom. The van der Waals surface area contributed by atoms with Crippen LogP contribution in [-0.4, -0.2) is 61.3 Å². The number of anilines is 2. The van der Waals surface area contributed by atoms with Crippen LogP contribution in [0.15, 0.2) is 53.9 Å². The Hall–Kier alpha value is -3.80. The Labute approximate surface area is 202 Å². The molecule has 3 aromatic rings. The second-order valence-electron chi connectivity index (χ2n) is 7.49. The van der Waals surface area contributed by atoms with E-state index in [0.29, 0.717) is 26.2 Å². The molecule has 0 unspecified atom stereocenters. The van der Waals surface area contributed by atoms with Crippen LogP contribution in [-0.2, 0) is 0 Å². The molecule has 1 aliphatic heterocycles. The number of ether oxygens (including phenoxy) is 2. The second-order valence-corrected chi connectivity index (χ2v) is 8.35. The predicted molar refractivity (Wildman–Crippen MR) is 124 cm³/mol. The fourth-order valence-corrected chi connectivity index (χ4v) is 4.34. The number of nitrogens with one attached hydrogen (secondary N) is 1. The fraction of sp³-hybridized carbons (Fsp3) is 0.261. The molecule has 0 bridgehead atoms. The lowest BCUT2D eigenvalue weighted by Gasteiger charge is -2.36. The van der Waals surface area contributed by atoms with Gasteiger partial charge < -0.3 is 19.3 Å². The third-order valence-corrected chi connectivity index (χ3v) is 6.05. The molecule has 1 fully saturated rings. The normalized spacial score (nSPS) is 13.9. The third kappa shape index (κ3) is 5.83. The van der Waals surface area contributed by atoms with Crippen LogP contribution in [0.4, 0.5) is 24.0 Å². The van der Waals surface area contributed by atoms with E-state index < -0.39 is 18.0 Å². The second kappa shape index (κ2) is 10.2. The largest absolute Gasteiger partial charge is 0.573 e. The SMILES string of the molecule is COc1ccccc1N1CCN(C(=O)c2csc(NC(=O)c3ccccc3OC(F)(F)F)n2)CC1. The Morgan fingerprint density at radius 3 is 2.34 bits per heavy atom. The first-order valence-electron chi connectivity index (χ1n) is 10.5. The van der Waals surface area contributed by atoms with E-state index in [1.807, 2.05) is 24.3 Å². The van der Waals surface area contributed by atoms with Gasteiger partial charge >= 0.3 is 6.36 Å². The summed E-state index contributed by atoms with van der Waals surface area (Å²) in [6, 6.07) is 12.7. The summed E-state index contributed by atoms with van der Waals surface area (Å²) in [4.78, 5) is 33.4. The van der Waals surface area contributed by atoms with Gasteiger partial charge in [-0.2, -0.15) is 0 Å². The van der Waals surface area contributed by atoms with Crippen LogP contribution >= 0.6 is 11.3 Å². The van der Waals surface area contributed by atoms with E-state index in [0.717, 1.165) is 28.8 Å². The van der Waals surface area contributed by atoms with Crippen molar-refractivity contribution in [1.82, 2.24) is 9.88 Å². The first-order chi connectivity index (χ1) is 16.7. The van der Waals surface area contributed by atoms with E-state index in [2.05, 4.69) is 19.9 Å². The lowest BCUT2D eigenvalue weighted by atomic mass is 10.2. The molecule has 8 nitrogen and oxygen atoms in total. The van der Waals surface area contributed by atoms with Crippen LogP contribution in [0.1, 0.15) is 20.8 Å². The lowest BCUT2D eigenvalue weighted by molar-refractivity contribution is -0.274. The van der Waals surface area contributed by atoms with Crippen LogP contribution in [0.2, 0.25) is 0 Å². The van der Waals surface area contributed by atoms with Gasteiger partial charge in [0.1, 0.15) is 17.2 Å². The summed E-state index contributed by atoms with van der Waals surface area (Å²) in [6.45, 7) is 2.15. The number of alkyl halides is 3. The number of thiazole rings is 1. The molecule has 2 amide bonds. The van der Waals surface area contributed by atoms with Gasteiger partial charge in [-0.15, -0.1) is 24.5 Å². The number of aromatic nitrogens is 1. The summed E-state index contributed by atoms with van der Waals surface area (Å²) in [5.74, 6) is -0.988. The molecule has 0 aliphatic carbocycles. The number of piperazine rings is 1. The van der Waals surface area contributed by atoms with Crippen molar-refractivity contribution in [2.45, 2.75) is 6.36 Å². The maximum Gasteiger partial charge on any atom is 0.573 e. The van der Waals surface area contributed by atoms with Crippen LogP contribution in [0.3, 0.4) is 0 Å². The molecule has 1 aromatic heterocycles. The van der Waals surface area contributed by atoms with E-state index in [1.54, 1.807) is 12.0 Å². The first-order valence-corrected chi connectivity index (χ1v) is 11.4. The van der Waals surface area contributed by atoms with Crippen molar-refractivity contribution in [2.24, 2.45) is 0 Å². The van der Waals surface area contributed by atoms with Crippen LogP contribution in [0.5, 0.6) is 11.5 Å². The molecular weight excluding hydrogens is 485 g/mol. The van der Waals surface area contributed by atoms with Crippen molar-refractivity contribution in [1.29, 1.82) is 0 Å². The molecule has 1 aliphatic rings. The zero-order valence-corrected chi connectivity index (χ0v) is 19.4. The molecule has 4 rings (SSSR count). The highest BCUT2D eigenvalue weighted by Crippen LogP contribution is 2.29. The average Bonchev–Trinajstić information content (AvgIpc) is 3.31. The number of benzene rings is 2. The summed E-state index contributed by atoms with van der Waals surface area (Å²) in [5.41, 5.74) is 0.798. The molecule has 0 saturated carbocycles. The molecule has 0 spiro atoms. The zero-order valence-electron chi connectivity index (χ0n) is 18.5. The molecule has 12 heteroatoms. The van der Waals surface area contributed by atoms with Gasteiger partial charge in [-0.25, -0.2) is 4.98 Å². The monoisotopic (exact) mass is 506 g/mol.